The number of anilines is 1. The summed E-state index contributed by atoms with van der Waals surface area (Å²) in [6, 6.07) is 9.86. The second-order valence-electron chi connectivity index (χ2n) is 4.54. The third-order valence-electron chi connectivity index (χ3n) is 3.07. The Hall–Kier alpha value is -2.28. The Morgan fingerprint density at radius 2 is 2.21 bits per heavy atom. The summed E-state index contributed by atoms with van der Waals surface area (Å²) >= 11 is 0. The summed E-state index contributed by atoms with van der Waals surface area (Å²) in [7, 11) is 0. The number of rotatable bonds is 5. The summed E-state index contributed by atoms with van der Waals surface area (Å²) in [6.07, 6.45) is 2.89. The fraction of sp³-hybridized carbons (Fsp3) is 0.333. The van der Waals surface area contributed by atoms with E-state index < -0.39 is 0 Å². The molecule has 0 bridgehead atoms. The van der Waals surface area contributed by atoms with Crippen molar-refractivity contribution in [2.75, 3.05) is 5.32 Å². The molecule has 0 aliphatic heterocycles. The largest absolute Gasteiger partial charge is 0.379 e. The van der Waals surface area contributed by atoms with Crippen molar-refractivity contribution in [3.05, 3.63) is 47.3 Å². The lowest BCUT2D eigenvalue weighted by Crippen LogP contribution is -2.09. The van der Waals surface area contributed by atoms with Crippen molar-refractivity contribution < 1.29 is 0 Å². The van der Waals surface area contributed by atoms with Gasteiger partial charge in [0, 0.05) is 18.4 Å². The lowest BCUT2D eigenvalue weighted by atomic mass is 10.1. The van der Waals surface area contributed by atoms with Crippen LogP contribution in [0.3, 0.4) is 0 Å². The zero-order valence-electron chi connectivity index (χ0n) is 11.3. The van der Waals surface area contributed by atoms with Crippen LogP contribution in [0.2, 0.25) is 0 Å². The van der Waals surface area contributed by atoms with Gasteiger partial charge in [-0.15, -0.1) is 0 Å². The van der Waals surface area contributed by atoms with Gasteiger partial charge in [0.25, 0.3) is 0 Å². The van der Waals surface area contributed by atoms with Gasteiger partial charge in [-0.1, -0.05) is 13.0 Å². The van der Waals surface area contributed by atoms with Gasteiger partial charge in [0.05, 0.1) is 23.9 Å². The van der Waals surface area contributed by atoms with Gasteiger partial charge in [-0.25, -0.2) is 0 Å². The number of nitrogens with one attached hydrogen (secondary N) is 1. The molecule has 19 heavy (non-hydrogen) atoms. The highest BCUT2D eigenvalue weighted by molar-refractivity contribution is 5.55. The highest BCUT2D eigenvalue weighted by atomic mass is 15.3. The molecule has 1 aromatic heterocycles. The Kier molecular flexibility index (Phi) is 4.19. The first-order valence-corrected chi connectivity index (χ1v) is 6.50. The number of nitrogens with zero attached hydrogens (tertiary/aromatic N) is 3. The van der Waals surface area contributed by atoms with Gasteiger partial charge < -0.3 is 5.32 Å². The van der Waals surface area contributed by atoms with Gasteiger partial charge in [0.2, 0.25) is 0 Å². The number of aryl methyl sites for hydroxylation is 2. The molecule has 4 heteroatoms. The maximum absolute atomic E-state index is 8.93. The van der Waals surface area contributed by atoms with Gasteiger partial charge in [-0.05, 0) is 37.1 Å². The van der Waals surface area contributed by atoms with Crippen molar-refractivity contribution in [3.63, 3.8) is 0 Å². The van der Waals surface area contributed by atoms with E-state index in [2.05, 4.69) is 23.4 Å². The normalized spacial score (nSPS) is 10.2. The minimum atomic E-state index is 0.676. The number of nitriles is 1. The molecule has 98 valence electrons. The second kappa shape index (κ2) is 6.05. The number of hydrogen-bond donors (Lipinski definition) is 1. The Bertz CT molecular complexity index is 592. The standard InChI is InChI=1S/C15H18N4/c1-3-8-19-14(6-7-18-19)11-17-15-9-13(10-16)5-4-12(15)2/h4-7,9,17H,3,8,11H2,1-2H3. The molecule has 0 fully saturated rings. The predicted octanol–water partition coefficient (Wildman–Crippen LogP) is 3.09. The Morgan fingerprint density at radius 1 is 1.37 bits per heavy atom. The highest BCUT2D eigenvalue weighted by Crippen LogP contribution is 2.17. The average Bonchev–Trinajstić information content (AvgIpc) is 2.86. The summed E-state index contributed by atoms with van der Waals surface area (Å²) < 4.78 is 2.01. The van der Waals surface area contributed by atoms with Crippen LogP contribution in [0, 0.1) is 18.3 Å². The van der Waals surface area contributed by atoms with Crippen LogP contribution >= 0.6 is 0 Å². The van der Waals surface area contributed by atoms with Gasteiger partial charge in [0.1, 0.15) is 0 Å². The molecule has 1 heterocycles. The smallest absolute Gasteiger partial charge is 0.0992 e. The topological polar surface area (TPSA) is 53.6 Å². The summed E-state index contributed by atoms with van der Waals surface area (Å²) in [6.45, 7) is 5.82. The Balaban J connectivity index is 2.10. The first-order valence-electron chi connectivity index (χ1n) is 6.50. The molecule has 0 aliphatic carbocycles. The van der Waals surface area contributed by atoms with E-state index in [1.54, 1.807) is 0 Å². The van der Waals surface area contributed by atoms with Crippen molar-refractivity contribution in [2.24, 2.45) is 0 Å². The Morgan fingerprint density at radius 3 is 2.95 bits per heavy atom. The monoisotopic (exact) mass is 254 g/mol. The molecule has 4 nitrogen and oxygen atoms in total. The van der Waals surface area contributed by atoms with Gasteiger partial charge in [-0.2, -0.15) is 10.4 Å². The molecule has 0 radical (unpaired) electrons. The van der Waals surface area contributed by atoms with Gasteiger partial charge >= 0.3 is 0 Å². The van der Waals surface area contributed by atoms with E-state index >= 15 is 0 Å². The summed E-state index contributed by atoms with van der Waals surface area (Å²) in [4.78, 5) is 0. The SMILES string of the molecule is CCCn1nccc1CNc1cc(C#N)ccc1C. The lowest BCUT2D eigenvalue weighted by Gasteiger charge is -2.11. The van der Waals surface area contributed by atoms with Gasteiger partial charge in [-0.3, -0.25) is 4.68 Å². The van der Waals surface area contributed by atoms with Crippen LogP contribution in [-0.2, 0) is 13.1 Å². The van der Waals surface area contributed by atoms with E-state index in [0.29, 0.717) is 5.56 Å². The molecule has 0 spiro atoms. The lowest BCUT2D eigenvalue weighted by molar-refractivity contribution is 0.578. The maximum atomic E-state index is 8.93. The van der Waals surface area contributed by atoms with E-state index in [-0.39, 0.29) is 0 Å². The van der Waals surface area contributed by atoms with Crippen LogP contribution < -0.4 is 5.32 Å². The van der Waals surface area contributed by atoms with E-state index in [0.717, 1.165) is 36.5 Å². The minimum absolute atomic E-state index is 0.676. The second-order valence-corrected chi connectivity index (χ2v) is 4.54. The van der Waals surface area contributed by atoms with E-state index in [1.807, 2.05) is 42.1 Å². The molecule has 0 saturated heterocycles. The summed E-state index contributed by atoms with van der Waals surface area (Å²) in [5.74, 6) is 0. The number of benzene rings is 1. The van der Waals surface area contributed by atoms with Crippen molar-refractivity contribution >= 4 is 5.69 Å². The van der Waals surface area contributed by atoms with E-state index in [4.69, 9.17) is 5.26 Å². The zero-order chi connectivity index (χ0) is 13.7. The fourth-order valence-electron chi connectivity index (χ4n) is 1.99. The molecular formula is C15H18N4. The van der Waals surface area contributed by atoms with Crippen LogP contribution in [0.25, 0.3) is 0 Å². The first kappa shape index (κ1) is 13.2. The molecule has 0 atom stereocenters. The average molecular weight is 254 g/mol. The Labute approximate surface area is 113 Å². The van der Waals surface area contributed by atoms with E-state index in [1.165, 1.54) is 0 Å². The maximum Gasteiger partial charge on any atom is 0.0992 e. The van der Waals surface area contributed by atoms with E-state index in [9.17, 15) is 0 Å². The predicted molar refractivity (Wildman–Crippen MR) is 75.7 cm³/mol. The quantitative estimate of drug-likeness (QED) is 0.892. The van der Waals surface area contributed by atoms with Crippen LogP contribution in [-0.4, -0.2) is 9.78 Å². The van der Waals surface area contributed by atoms with Crippen molar-refractivity contribution in [1.82, 2.24) is 9.78 Å². The van der Waals surface area contributed by atoms with Crippen molar-refractivity contribution in [1.29, 1.82) is 5.26 Å². The molecule has 0 unspecified atom stereocenters. The fourth-order valence-corrected chi connectivity index (χ4v) is 1.99. The molecule has 0 amide bonds. The molecular weight excluding hydrogens is 236 g/mol. The molecule has 1 aromatic carbocycles. The zero-order valence-corrected chi connectivity index (χ0v) is 11.3. The van der Waals surface area contributed by atoms with Crippen molar-refractivity contribution in [3.8, 4) is 6.07 Å². The third-order valence-corrected chi connectivity index (χ3v) is 3.07. The molecule has 0 aliphatic rings. The number of aromatic nitrogens is 2. The molecule has 2 aromatic rings. The third kappa shape index (κ3) is 3.14. The number of hydrogen-bond acceptors (Lipinski definition) is 3. The molecule has 2 rings (SSSR count). The molecule has 1 N–H and O–H groups in total. The van der Waals surface area contributed by atoms with Crippen LogP contribution in [0.4, 0.5) is 5.69 Å². The van der Waals surface area contributed by atoms with Gasteiger partial charge in [0.15, 0.2) is 0 Å². The van der Waals surface area contributed by atoms with Crippen LogP contribution in [0.5, 0.6) is 0 Å². The summed E-state index contributed by atoms with van der Waals surface area (Å²) in [5, 5.41) is 16.6. The molecule has 0 saturated carbocycles. The minimum Gasteiger partial charge on any atom is -0.379 e. The first-order chi connectivity index (χ1) is 9.24. The van der Waals surface area contributed by atoms with Crippen LogP contribution in [0.15, 0.2) is 30.5 Å². The van der Waals surface area contributed by atoms with Crippen LogP contribution in [0.1, 0.15) is 30.2 Å². The summed E-state index contributed by atoms with van der Waals surface area (Å²) in [5.41, 5.74) is 3.97. The van der Waals surface area contributed by atoms with Crippen molar-refractivity contribution in [2.45, 2.75) is 33.4 Å². The highest BCUT2D eigenvalue weighted by Gasteiger charge is 2.04.